The molecule has 0 aliphatic rings. The van der Waals surface area contributed by atoms with Crippen LogP contribution in [-0.2, 0) is 0 Å². The highest BCUT2D eigenvalue weighted by Crippen LogP contribution is 2.31. The fourth-order valence-electron chi connectivity index (χ4n) is 1.71. The van der Waals surface area contributed by atoms with Gasteiger partial charge >= 0.3 is 0 Å². The predicted octanol–water partition coefficient (Wildman–Crippen LogP) is 2.05. The van der Waals surface area contributed by atoms with Crippen molar-refractivity contribution in [2.24, 2.45) is 0 Å². The maximum absolute atomic E-state index is 5.66. The smallest absolute Gasteiger partial charge is 0.223 e. The molecule has 94 valence electrons. The summed E-state index contributed by atoms with van der Waals surface area (Å²) in [5.41, 5.74) is 8.32. The van der Waals surface area contributed by atoms with E-state index in [1.807, 2.05) is 25.1 Å². The van der Waals surface area contributed by atoms with Crippen LogP contribution in [0.3, 0.4) is 0 Å². The van der Waals surface area contributed by atoms with E-state index in [-0.39, 0.29) is 5.95 Å². The molecule has 0 saturated heterocycles. The molecule has 5 nitrogen and oxygen atoms in total. The first-order valence-electron chi connectivity index (χ1n) is 5.47. The lowest BCUT2D eigenvalue weighted by Gasteiger charge is -2.10. The number of aryl methyl sites for hydroxylation is 1. The van der Waals surface area contributed by atoms with E-state index in [4.69, 9.17) is 15.2 Å². The highest BCUT2D eigenvalue weighted by atomic mass is 16.5. The van der Waals surface area contributed by atoms with E-state index in [0.717, 1.165) is 16.9 Å². The molecule has 0 spiro atoms. The fraction of sp³-hybridized carbons (Fsp3) is 0.231. The van der Waals surface area contributed by atoms with Crippen molar-refractivity contribution in [3.63, 3.8) is 0 Å². The second-order valence-electron chi connectivity index (χ2n) is 3.86. The van der Waals surface area contributed by atoms with Crippen LogP contribution < -0.4 is 15.2 Å². The van der Waals surface area contributed by atoms with Crippen LogP contribution in [0.4, 0.5) is 5.95 Å². The fourth-order valence-corrected chi connectivity index (χ4v) is 1.71. The summed E-state index contributed by atoms with van der Waals surface area (Å²) in [6.07, 6.45) is 0. The average molecular weight is 245 g/mol. The molecule has 2 aromatic rings. The minimum atomic E-state index is 0.174. The molecule has 0 aliphatic carbocycles. The van der Waals surface area contributed by atoms with Gasteiger partial charge in [-0.25, -0.2) is 4.98 Å². The van der Waals surface area contributed by atoms with Gasteiger partial charge in [0.05, 0.1) is 19.9 Å². The summed E-state index contributed by atoms with van der Waals surface area (Å²) in [7, 11) is 3.16. The Morgan fingerprint density at radius 2 is 1.83 bits per heavy atom. The molecule has 5 heteroatoms. The summed E-state index contributed by atoms with van der Waals surface area (Å²) in [4.78, 5) is 8.17. The summed E-state index contributed by atoms with van der Waals surface area (Å²) in [5.74, 6) is 1.34. The number of hydrogen-bond donors (Lipinski definition) is 1. The Morgan fingerprint density at radius 3 is 2.50 bits per heavy atom. The second-order valence-corrected chi connectivity index (χ2v) is 3.86. The number of nitrogens with zero attached hydrogens (tertiary/aromatic N) is 2. The van der Waals surface area contributed by atoms with Gasteiger partial charge in [-0.1, -0.05) is 11.6 Å². The zero-order valence-corrected chi connectivity index (χ0v) is 10.6. The summed E-state index contributed by atoms with van der Waals surface area (Å²) >= 11 is 0. The van der Waals surface area contributed by atoms with Crippen molar-refractivity contribution in [2.45, 2.75) is 6.92 Å². The van der Waals surface area contributed by atoms with E-state index in [1.54, 1.807) is 20.3 Å². The second kappa shape index (κ2) is 4.91. The van der Waals surface area contributed by atoms with Gasteiger partial charge in [0, 0.05) is 11.6 Å². The number of hydrogen-bond acceptors (Lipinski definition) is 5. The standard InChI is InChI=1S/C13H15N3O2/c1-8-4-5-11(17-2)9(6-8)10-7-12(18-3)16-13(14)15-10/h4-7H,1-3H3,(H2,14,15,16). The molecule has 0 fully saturated rings. The van der Waals surface area contributed by atoms with Gasteiger partial charge < -0.3 is 15.2 Å². The number of ether oxygens (including phenoxy) is 2. The molecule has 0 radical (unpaired) electrons. The van der Waals surface area contributed by atoms with Gasteiger partial charge in [-0.05, 0) is 19.1 Å². The van der Waals surface area contributed by atoms with Gasteiger partial charge in [-0.15, -0.1) is 0 Å². The minimum Gasteiger partial charge on any atom is -0.496 e. The first-order valence-corrected chi connectivity index (χ1v) is 5.47. The van der Waals surface area contributed by atoms with Crippen molar-refractivity contribution < 1.29 is 9.47 Å². The van der Waals surface area contributed by atoms with E-state index in [2.05, 4.69) is 9.97 Å². The van der Waals surface area contributed by atoms with Crippen LogP contribution in [0.1, 0.15) is 5.56 Å². The number of nitrogens with two attached hydrogens (primary N) is 1. The van der Waals surface area contributed by atoms with E-state index in [0.29, 0.717) is 11.6 Å². The van der Waals surface area contributed by atoms with Gasteiger partial charge in [0.25, 0.3) is 0 Å². The Morgan fingerprint density at radius 1 is 1.06 bits per heavy atom. The molecule has 1 aromatic heterocycles. The van der Waals surface area contributed by atoms with Gasteiger partial charge in [-0.3, -0.25) is 0 Å². The van der Waals surface area contributed by atoms with Crippen molar-refractivity contribution in [2.75, 3.05) is 20.0 Å². The molecular formula is C13H15N3O2. The Bertz CT molecular complexity index is 570. The first kappa shape index (κ1) is 12.2. The van der Waals surface area contributed by atoms with E-state index < -0.39 is 0 Å². The van der Waals surface area contributed by atoms with Gasteiger partial charge in [0.1, 0.15) is 5.75 Å². The summed E-state index contributed by atoms with van der Waals surface area (Å²) < 4.78 is 10.4. The lowest BCUT2D eigenvalue weighted by atomic mass is 10.1. The van der Waals surface area contributed by atoms with Crippen molar-refractivity contribution in [1.29, 1.82) is 0 Å². The van der Waals surface area contributed by atoms with Crippen molar-refractivity contribution in [3.8, 4) is 22.9 Å². The monoisotopic (exact) mass is 245 g/mol. The first-order chi connectivity index (χ1) is 8.63. The summed E-state index contributed by atoms with van der Waals surface area (Å²) in [5, 5.41) is 0. The van der Waals surface area contributed by atoms with Crippen molar-refractivity contribution in [1.82, 2.24) is 9.97 Å². The van der Waals surface area contributed by atoms with Crippen LogP contribution in [0.5, 0.6) is 11.6 Å². The molecule has 0 atom stereocenters. The molecule has 0 aliphatic heterocycles. The Balaban J connectivity index is 2.60. The third-order valence-corrected chi connectivity index (χ3v) is 2.56. The summed E-state index contributed by atoms with van der Waals surface area (Å²) in [6, 6.07) is 7.59. The van der Waals surface area contributed by atoms with Gasteiger partial charge in [-0.2, -0.15) is 4.98 Å². The van der Waals surface area contributed by atoms with Crippen LogP contribution in [0.25, 0.3) is 11.3 Å². The molecule has 1 heterocycles. The Hall–Kier alpha value is -2.30. The number of rotatable bonds is 3. The molecule has 0 bridgehead atoms. The molecule has 18 heavy (non-hydrogen) atoms. The van der Waals surface area contributed by atoms with Gasteiger partial charge in [0.15, 0.2) is 0 Å². The highest BCUT2D eigenvalue weighted by molar-refractivity contribution is 5.69. The van der Waals surface area contributed by atoms with E-state index in [1.165, 1.54) is 0 Å². The number of aromatic nitrogens is 2. The maximum atomic E-state index is 5.66. The Kier molecular flexibility index (Phi) is 3.32. The predicted molar refractivity (Wildman–Crippen MR) is 69.7 cm³/mol. The summed E-state index contributed by atoms with van der Waals surface area (Å²) in [6.45, 7) is 2.00. The number of anilines is 1. The van der Waals surface area contributed by atoms with Crippen LogP contribution in [0, 0.1) is 6.92 Å². The normalized spacial score (nSPS) is 10.2. The van der Waals surface area contributed by atoms with E-state index >= 15 is 0 Å². The molecule has 0 saturated carbocycles. The van der Waals surface area contributed by atoms with Crippen LogP contribution in [0.15, 0.2) is 24.3 Å². The molecule has 2 rings (SSSR count). The Labute approximate surface area is 106 Å². The highest BCUT2D eigenvalue weighted by Gasteiger charge is 2.10. The lowest BCUT2D eigenvalue weighted by Crippen LogP contribution is -2.00. The van der Waals surface area contributed by atoms with Crippen LogP contribution >= 0.6 is 0 Å². The third-order valence-electron chi connectivity index (χ3n) is 2.56. The average Bonchev–Trinajstić information content (AvgIpc) is 2.38. The number of nitrogen functional groups attached to an aromatic ring is 1. The minimum absolute atomic E-state index is 0.174. The third kappa shape index (κ3) is 2.34. The SMILES string of the molecule is COc1cc(-c2cc(C)ccc2OC)nc(N)n1. The molecular weight excluding hydrogens is 230 g/mol. The molecule has 2 N–H and O–H groups in total. The quantitative estimate of drug-likeness (QED) is 0.896. The molecule has 0 amide bonds. The number of methoxy groups -OCH3 is 2. The largest absolute Gasteiger partial charge is 0.496 e. The number of benzene rings is 1. The zero-order chi connectivity index (χ0) is 13.1. The lowest BCUT2D eigenvalue weighted by molar-refractivity contribution is 0.397. The topological polar surface area (TPSA) is 70.3 Å². The van der Waals surface area contributed by atoms with Gasteiger partial charge in [0.2, 0.25) is 11.8 Å². The van der Waals surface area contributed by atoms with Crippen LogP contribution in [-0.4, -0.2) is 24.2 Å². The van der Waals surface area contributed by atoms with Crippen LogP contribution in [0.2, 0.25) is 0 Å². The maximum Gasteiger partial charge on any atom is 0.223 e. The zero-order valence-electron chi connectivity index (χ0n) is 10.6. The molecule has 0 unspecified atom stereocenters. The van der Waals surface area contributed by atoms with Crippen molar-refractivity contribution in [3.05, 3.63) is 29.8 Å². The molecule has 1 aromatic carbocycles. The van der Waals surface area contributed by atoms with E-state index in [9.17, 15) is 0 Å². The van der Waals surface area contributed by atoms with Crippen molar-refractivity contribution >= 4 is 5.95 Å².